The Balaban J connectivity index is 1.45. The number of nitrogens with zero attached hydrogens (tertiary/aromatic N) is 4. The van der Waals surface area contributed by atoms with Crippen LogP contribution in [0.5, 0.6) is 5.75 Å². The summed E-state index contributed by atoms with van der Waals surface area (Å²) in [4.78, 5) is 5.32. The Morgan fingerprint density at radius 2 is 2.04 bits per heavy atom. The quantitative estimate of drug-likeness (QED) is 0.428. The molecule has 1 aromatic carbocycles. The minimum absolute atomic E-state index is 0.420. The van der Waals surface area contributed by atoms with E-state index in [9.17, 15) is 0 Å². The predicted molar refractivity (Wildman–Crippen MR) is 98.1 cm³/mol. The SMILES string of the molecule is CCOc1ccccc1-c1nnc(SCc2noc(-c3cccs3)n2)o1. The highest BCUT2D eigenvalue weighted by molar-refractivity contribution is 7.98. The number of thiophene rings is 1. The van der Waals surface area contributed by atoms with Crippen LogP contribution in [0.4, 0.5) is 0 Å². The van der Waals surface area contributed by atoms with E-state index in [-0.39, 0.29) is 0 Å². The van der Waals surface area contributed by atoms with Gasteiger partial charge in [-0.05, 0) is 30.5 Å². The summed E-state index contributed by atoms with van der Waals surface area (Å²) in [5.74, 6) is 2.71. The van der Waals surface area contributed by atoms with Crippen LogP contribution in [0.25, 0.3) is 22.2 Å². The zero-order valence-corrected chi connectivity index (χ0v) is 15.4. The minimum atomic E-state index is 0.420. The second-order valence-corrected chi connectivity index (χ2v) is 6.96. The summed E-state index contributed by atoms with van der Waals surface area (Å²) in [6, 6.07) is 11.5. The van der Waals surface area contributed by atoms with Gasteiger partial charge in [-0.3, -0.25) is 0 Å². The molecule has 0 N–H and O–H groups in total. The van der Waals surface area contributed by atoms with Gasteiger partial charge >= 0.3 is 0 Å². The van der Waals surface area contributed by atoms with Crippen LogP contribution in [0, 0.1) is 0 Å². The van der Waals surface area contributed by atoms with Gasteiger partial charge in [0.1, 0.15) is 5.75 Å². The van der Waals surface area contributed by atoms with Crippen molar-refractivity contribution >= 4 is 23.1 Å². The first kappa shape index (κ1) is 16.8. The predicted octanol–water partition coefficient (Wildman–Crippen LogP) is 4.54. The molecular formula is C17H14N4O3S2. The van der Waals surface area contributed by atoms with Crippen LogP contribution in [0.3, 0.4) is 0 Å². The van der Waals surface area contributed by atoms with Gasteiger partial charge in [-0.1, -0.05) is 35.1 Å². The second-order valence-electron chi connectivity index (χ2n) is 5.08. The van der Waals surface area contributed by atoms with E-state index in [1.54, 1.807) is 11.3 Å². The van der Waals surface area contributed by atoms with Crippen LogP contribution in [0.15, 0.2) is 55.9 Å². The third-order valence-electron chi connectivity index (χ3n) is 3.35. The zero-order chi connectivity index (χ0) is 17.8. The van der Waals surface area contributed by atoms with E-state index in [4.69, 9.17) is 13.7 Å². The molecule has 0 atom stereocenters. The van der Waals surface area contributed by atoms with E-state index in [2.05, 4.69) is 20.3 Å². The summed E-state index contributed by atoms with van der Waals surface area (Å²) in [6.07, 6.45) is 0. The summed E-state index contributed by atoms with van der Waals surface area (Å²) in [5.41, 5.74) is 0.772. The van der Waals surface area contributed by atoms with Gasteiger partial charge in [-0.15, -0.1) is 21.5 Å². The van der Waals surface area contributed by atoms with Crippen molar-refractivity contribution in [3.8, 4) is 28.0 Å². The number of aromatic nitrogens is 4. The first-order chi connectivity index (χ1) is 12.8. The topological polar surface area (TPSA) is 87.1 Å². The molecule has 0 spiro atoms. The van der Waals surface area contributed by atoms with Crippen molar-refractivity contribution in [3.63, 3.8) is 0 Å². The number of rotatable bonds is 7. The van der Waals surface area contributed by atoms with Crippen LogP contribution < -0.4 is 4.74 Å². The molecule has 0 aliphatic rings. The summed E-state index contributed by atoms with van der Waals surface area (Å²) in [5, 5.41) is 14.6. The number of ether oxygens (including phenoxy) is 1. The summed E-state index contributed by atoms with van der Waals surface area (Å²) in [6.45, 7) is 2.50. The average Bonchev–Trinajstić information content (AvgIpc) is 3.41. The number of benzene rings is 1. The van der Waals surface area contributed by atoms with Crippen molar-refractivity contribution < 1.29 is 13.7 Å². The molecule has 0 aliphatic carbocycles. The lowest BCUT2D eigenvalue weighted by Crippen LogP contribution is -1.93. The molecule has 0 amide bonds. The Morgan fingerprint density at radius 3 is 2.88 bits per heavy atom. The van der Waals surface area contributed by atoms with Gasteiger partial charge in [0.05, 0.1) is 22.8 Å². The van der Waals surface area contributed by atoms with Crippen molar-refractivity contribution in [1.82, 2.24) is 20.3 Å². The fourth-order valence-corrected chi connectivity index (χ4v) is 3.49. The molecule has 0 radical (unpaired) electrons. The van der Waals surface area contributed by atoms with Gasteiger partial charge in [-0.25, -0.2) is 0 Å². The third kappa shape index (κ3) is 3.63. The van der Waals surface area contributed by atoms with Gasteiger partial charge in [0.15, 0.2) is 5.82 Å². The highest BCUT2D eigenvalue weighted by Gasteiger charge is 2.15. The van der Waals surface area contributed by atoms with Crippen molar-refractivity contribution in [3.05, 3.63) is 47.6 Å². The molecule has 0 unspecified atom stereocenters. The molecule has 3 heterocycles. The Labute approximate surface area is 157 Å². The molecule has 0 bridgehead atoms. The Hall–Kier alpha value is -2.65. The molecule has 7 nitrogen and oxygen atoms in total. The largest absolute Gasteiger partial charge is 0.493 e. The number of thioether (sulfide) groups is 1. The van der Waals surface area contributed by atoms with Crippen LogP contribution in [-0.4, -0.2) is 26.9 Å². The van der Waals surface area contributed by atoms with Gasteiger partial charge in [0, 0.05) is 0 Å². The van der Waals surface area contributed by atoms with Crippen molar-refractivity contribution in [2.45, 2.75) is 17.9 Å². The fourth-order valence-electron chi connectivity index (χ4n) is 2.24. The molecule has 9 heteroatoms. The lowest BCUT2D eigenvalue weighted by molar-refractivity contribution is 0.340. The molecule has 3 aromatic heterocycles. The zero-order valence-electron chi connectivity index (χ0n) is 13.8. The molecule has 0 fully saturated rings. The molecule has 26 heavy (non-hydrogen) atoms. The molecular weight excluding hydrogens is 372 g/mol. The van der Waals surface area contributed by atoms with E-state index in [1.165, 1.54) is 11.8 Å². The van der Waals surface area contributed by atoms with Gasteiger partial charge in [0.2, 0.25) is 0 Å². The highest BCUT2D eigenvalue weighted by Crippen LogP contribution is 2.31. The lowest BCUT2D eigenvalue weighted by atomic mass is 10.2. The molecule has 0 saturated heterocycles. The molecule has 4 rings (SSSR count). The van der Waals surface area contributed by atoms with E-state index >= 15 is 0 Å². The van der Waals surface area contributed by atoms with Gasteiger partial charge in [0.25, 0.3) is 17.0 Å². The van der Waals surface area contributed by atoms with Crippen LogP contribution >= 0.6 is 23.1 Å². The third-order valence-corrected chi connectivity index (χ3v) is 5.02. The van der Waals surface area contributed by atoms with Gasteiger partial charge in [-0.2, -0.15) is 4.98 Å². The van der Waals surface area contributed by atoms with E-state index < -0.39 is 0 Å². The molecule has 0 aliphatic heterocycles. The lowest BCUT2D eigenvalue weighted by Gasteiger charge is -2.05. The summed E-state index contributed by atoms with van der Waals surface area (Å²) >= 11 is 2.91. The number of hydrogen-bond acceptors (Lipinski definition) is 9. The monoisotopic (exact) mass is 386 g/mol. The Bertz CT molecular complexity index is 981. The van der Waals surface area contributed by atoms with Crippen LogP contribution in [-0.2, 0) is 5.75 Å². The standard InChI is InChI=1S/C17H14N4O3S2/c1-2-22-12-7-4-3-6-11(12)15-19-20-17(23-15)26-10-14-18-16(24-21-14)13-8-5-9-25-13/h3-9H,2,10H2,1H3. The highest BCUT2D eigenvalue weighted by atomic mass is 32.2. The normalized spacial score (nSPS) is 11.0. The van der Waals surface area contributed by atoms with Crippen molar-refractivity contribution in [1.29, 1.82) is 0 Å². The first-order valence-electron chi connectivity index (χ1n) is 7.88. The maximum atomic E-state index is 5.73. The molecule has 132 valence electrons. The second kappa shape index (κ2) is 7.71. The first-order valence-corrected chi connectivity index (χ1v) is 9.75. The minimum Gasteiger partial charge on any atom is -0.493 e. The Morgan fingerprint density at radius 1 is 1.12 bits per heavy atom. The summed E-state index contributed by atoms with van der Waals surface area (Å²) in [7, 11) is 0. The smallest absolute Gasteiger partial charge is 0.277 e. The van der Waals surface area contributed by atoms with Gasteiger partial charge < -0.3 is 13.7 Å². The average molecular weight is 386 g/mol. The Kier molecular flexibility index (Phi) is 4.98. The van der Waals surface area contributed by atoms with Crippen LogP contribution in [0.2, 0.25) is 0 Å². The van der Waals surface area contributed by atoms with Crippen molar-refractivity contribution in [2.75, 3.05) is 6.61 Å². The number of para-hydroxylation sites is 1. The molecule has 0 saturated carbocycles. The van der Waals surface area contributed by atoms with E-state index in [1.807, 2.05) is 48.7 Å². The molecule has 4 aromatic rings. The van der Waals surface area contributed by atoms with Crippen molar-refractivity contribution in [2.24, 2.45) is 0 Å². The maximum Gasteiger partial charge on any atom is 0.277 e. The maximum absolute atomic E-state index is 5.73. The van der Waals surface area contributed by atoms with E-state index in [0.717, 1.165) is 10.4 Å². The van der Waals surface area contributed by atoms with Crippen LogP contribution in [0.1, 0.15) is 12.7 Å². The number of hydrogen-bond donors (Lipinski definition) is 0. The summed E-state index contributed by atoms with van der Waals surface area (Å²) < 4.78 is 16.6. The fraction of sp³-hybridized carbons (Fsp3) is 0.176. The van der Waals surface area contributed by atoms with E-state index in [0.29, 0.717) is 40.9 Å².